The molecule has 0 aliphatic heterocycles. The highest BCUT2D eigenvalue weighted by atomic mass is 28.1. The summed E-state index contributed by atoms with van der Waals surface area (Å²) >= 11 is 0. The minimum Gasteiger partial charge on any atom is -0.0654 e. The largest absolute Gasteiger partial charge is 0.0654 e. The maximum absolute atomic E-state index is 2.30. The van der Waals surface area contributed by atoms with Crippen LogP contribution in [0.5, 0.6) is 0 Å². The summed E-state index contributed by atoms with van der Waals surface area (Å²) in [6.07, 6.45) is 26.6. The molecule has 0 aliphatic rings. The number of unbranched alkanes of at least 4 members (excludes halogenated alkanes) is 17. The van der Waals surface area contributed by atoms with Crippen molar-refractivity contribution in [2.24, 2.45) is 0 Å². The van der Waals surface area contributed by atoms with Crippen molar-refractivity contribution in [3.8, 4) is 0 Å². The lowest BCUT2D eigenvalue weighted by Gasteiger charge is -2.03. The Morgan fingerprint density at radius 1 is 0.381 bits per heavy atom. The van der Waals surface area contributed by atoms with Gasteiger partial charge in [-0.15, -0.1) is 0 Å². The highest BCUT2D eigenvalue weighted by molar-refractivity contribution is 6.08. The topological polar surface area (TPSA) is 0 Å². The number of rotatable bonds is 18. The molecule has 21 heavy (non-hydrogen) atoms. The van der Waals surface area contributed by atoms with Gasteiger partial charge in [0, 0.05) is 10.2 Å². The maximum Gasteiger partial charge on any atom is 0.00797 e. The average molecular weight is 312 g/mol. The zero-order valence-corrected chi connectivity index (χ0v) is 16.6. The van der Waals surface area contributed by atoms with Gasteiger partial charge < -0.3 is 0 Å². The van der Waals surface area contributed by atoms with Gasteiger partial charge in [0.2, 0.25) is 0 Å². The first-order valence-corrected chi connectivity index (χ1v) is 11.2. The van der Waals surface area contributed by atoms with Crippen LogP contribution in [0.1, 0.15) is 122 Å². The van der Waals surface area contributed by atoms with Gasteiger partial charge in [-0.25, -0.2) is 0 Å². The molecular formula is C20H43Si. The Bertz CT molecular complexity index is 149. The van der Waals surface area contributed by atoms with E-state index < -0.39 is 0 Å². The first kappa shape index (κ1) is 21.2. The average Bonchev–Trinajstić information content (AvgIpc) is 2.50. The quantitative estimate of drug-likeness (QED) is 0.187. The molecular weight excluding hydrogens is 268 g/mol. The van der Waals surface area contributed by atoms with Crippen molar-refractivity contribution >= 4 is 10.2 Å². The Morgan fingerprint density at radius 2 is 0.619 bits per heavy atom. The monoisotopic (exact) mass is 311 g/mol. The van der Waals surface area contributed by atoms with E-state index in [1.54, 1.807) is 0 Å². The molecule has 0 amide bonds. The van der Waals surface area contributed by atoms with Gasteiger partial charge in [-0.1, -0.05) is 129 Å². The molecule has 127 valence electrons. The van der Waals surface area contributed by atoms with Gasteiger partial charge in [-0.3, -0.25) is 0 Å². The standard InChI is InChI=1S/C20H43Si/c1-2-3-4-5-6-7-8-9-10-11-12-13-14-15-16-17-18-19-20-21/h2-21H2,1H3. The molecule has 0 bridgehead atoms. The second-order valence-corrected chi connectivity index (χ2v) is 7.57. The summed E-state index contributed by atoms with van der Waals surface area (Å²) in [7, 11) is 2.12. The molecule has 0 fully saturated rings. The van der Waals surface area contributed by atoms with Crippen LogP contribution in [0.25, 0.3) is 0 Å². The Morgan fingerprint density at radius 3 is 0.857 bits per heavy atom. The van der Waals surface area contributed by atoms with Crippen molar-refractivity contribution in [1.29, 1.82) is 0 Å². The van der Waals surface area contributed by atoms with Gasteiger partial charge >= 0.3 is 0 Å². The van der Waals surface area contributed by atoms with E-state index in [1.165, 1.54) is 122 Å². The Kier molecular flexibility index (Phi) is 20.4. The first-order chi connectivity index (χ1) is 10.4. The summed E-state index contributed by atoms with van der Waals surface area (Å²) < 4.78 is 0. The molecule has 1 heteroatoms. The van der Waals surface area contributed by atoms with Crippen LogP contribution in [0.4, 0.5) is 0 Å². The molecule has 0 spiro atoms. The van der Waals surface area contributed by atoms with E-state index in [1.807, 2.05) is 0 Å². The van der Waals surface area contributed by atoms with E-state index in [0.717, 1.165) is 0 Å². The van der Waals surface area contributed by atoms with Crippen LogP contribution < -0.4 is 0 Å². The fourth-order valence-corrected chi connectivity index (χ4v) is 3.43. The summed E-state index contributed by atoms with van der Waals surface area (Å²) in [6, 6.07) is 1.40. The van der Waals surface area contributed by atoms with Gasteiger partial charge in [0.05, 0.1) is 0 Å². The predicted octanol–water partition coefficient (Wildman–Crippen LogP) is 7.08. The van der Waals surface area contributed by atoms with Gasteiger partial charge in [0.15, 0.2) is 0 Å². The van der Waals surface area contributed by atoms with Gasteiger partial charge in [0.25, 0.3) is 0 Å². The minimum atomic E-state index is 1.37. The summed E-state index contributed by atoms with van der Waals surface area (Å²) in [5.74, 6) is 0. The Hall–Kier alpha value is 0.217. The molecule has 0 aromatic rings. The van der Waals surface area contributed by atoms with Crippen LogP contribution in [0, 0.1) is 0 Å². The lowest BCUT2D eigenvalue weighted by molar-refractivity contribution is 0.526. The molecule has 0 nitrogen and oxygen atoms in total. The fraction of sp³-hybridized carbons (Fsp3) is 1.00. The lowest BCUT2D eigenvalue weighted by Crippen LogP contribution is -1.84. The third-order valence-corrected chi connectivity index (χ3v) is 5.10. The van der Waals surface area contributed by atoms with Crippen molar-refractivity contribution in [1.82, 2.24) is 0 Å². The van der Waals surface area contributed by atoms with Crippen molar-refractivity contribution < 1.29 is 0 Å². The third kappa shape index (κ3) is 20.2. The fourth-order valence-electron chi connectivity index (χ4n) is 3.08. The van der Waals surface area contributed by atoms with E-state index in [9.17, 15) is 0 Å². The van der Waals surface area contributed by atoms with Crippen molar-refractivity contribution in [3.63, 3.8) is 0 Å². The van der Waals surface area contributed by atoms with E-state index in [2.05, 4.69) is 17.2 Å². The van der Waals surface area contributed by atoms with Gasteiger partial charge in [-0.05, 0) is 0 Å². The minimum absolute atomic E-state index is 1.37. The number of hydrogen-bond donors (Lipinski definition) is 0. The molecule has 1 radical (unpaired) electrons. The molecule has 0 rings (SSSR count). The predicted molar refractivity (Wildman–Crippen MR) is 102 cm³/mol. The lowest BCUT2D eigenvalue weighted by atomic mass is 10.0. The summed E-state index contributed by atoms with van der Waals surface area (Å²) in [4.78, 5) is 0. The summed E-state index contributed by atoms with van der Waals surface area (Å²) in [6.45, 7) is 2.30. The zero-order chi connectivity index (χ0) is 15.4. The van der Waals surface area contributed by atoms with Crippen LogP contribution in [-0.4, -0.2) is 10.2 Å². The van der Waals surface area contributed by atoms with Crippen LogP contribution in [0.2, 0.25) is 6.04 Å². The zero-order valence-electron chi connectivity index (χ0n) is 15.1. The Labute approximate surface area is 139 Å². The Balaban J connectivity index is 2.90. The van der Waals surface area contributed by atoms with E-state index >= 15 is 0 Å². The maximum atomic E-state index is 2.30. The van der Waals surface area contributed by atoms with Crippen LogP contribution in [0.3, 0.4) is 0 Å². The summed E-state index contributed by atoms with van der Waals surface area (Å²) in [5, 5.41) is 0. The molecule has 0 heterocycles. The van der Waals surface area contributed by atoms with Crippen molar-refractivity contribution in [2.45, 2.75) is 129 Å². The van der Waals surface area contributed by atoms with Crippen molar-refractivity contribution in [2.75, 3.05) is 0 Å². The van der Waals surface area contributed by atoms with Gasteiger partial charge in [0.1, 0.15) is 0 Å². The molecule has 0 aromatic heterocycles. The first-order valence-electron chi connectivity index (χ1n) is 10.2. The molecule has 0 atom stereocenters. The highest BCUT2D eigenvalue weighted by Gasteiger charge is 1.94. The van der Waals surface area contributed by atoms with Gasteiger partial charge in [-0.2, -0.15) is 0 Å². The molecule has 0 aliphatic carbocycles. The smallest absolute Gasteiger partial charge is 0.00797 e. The van der Waals surface area contributed by atoms with Crippen molar-refractivity contribution in [3.05, 3.63) is 0 Å². The van der Waals surface area contributed by atoms with E-state index in [4.69, 9.17) is 0 Å². The van der Waals surface area contributed by atoms with E-state index in [-0.39, 0.29) is 0 Å². The highest BCUT2D eigenvalue weighted by Crippen LogP contribution is 2.14. The van der Waals surface area contributed by atoms with E-state index in [0.29, 0.717) is 0 Å². The van der Waals surface area contributed by atoms with Crippen LogP contribution in [-0.2, 0) is 0 Å². The molecule has 0 saturated heterocycles. The molecule has 0 unspecified atom stereocenters. The SMILES string of the molecule is CCCCCCCCCCCCCCCCCCCC[SiH2]. The van der Waals surface area contributed by atoms with Crippen LogP contribution in [0.15, 0.2) is 0 Å². The second kappa shape index (κ2) is 20.2. The van der Waals surface area contributed by atoms with Crippen LogP contribution >= 0.6 is 0 Å². The molecule has 0 saturated carbocycles. The normalized spacial score (nSPS) is 11.1. The second-order valence-electron chi connectivity index (χ2n) is 6.86. The number of hydrogen-bond acceptors (Lipinski definition) is 0. The summed E-state index contributed by atoms with van der Waals surface area (Å²) in [5.41, 5.74) is 0. The molecule has 0 aromatic carbocycles. The third-order valence-electron chi connectivity index (χ3n) is 4.60. The molecule has 0 N–H and O–H groups in total.